The van der Waals surface area contributed by atoms with E-state index in [2.05, 4.69) is 10.0 Å². The molecule has 36 heavy (non-hydrogen) atoms. The third-order valence-electron chi connectivity index (χ3n) is 5.54. The maximum atomic E-state index is 13.0. The molecule has 0 saturated carbocycles. The number of carbonyl (C=O) groups excluding carboxylic acids is 2. The Morgan fingerprint density at radius 2 is 1.78 bits per heavy atom. The van der Waals surface area contributed by atoms with Crippen molar-refractivity contribution in [1.82, 2.24) is 5.32 Å². The molecule has 4 rings (SSSR count). The summed E-state index contributed by atoms with van der Waals surface area (Å²) in [4.78, 5) is 25.1. The molecule has 0 fully saturated rings. The van der Waals surface area contributed by atoms with Crippen LogP contribution >= 0.6 is 0 Å². The van der Waals surface area contributed by atoms with Gasteiger partial charge in [0.1, 0.15) is 0 Å². The zero-order valence-corrected chi connectivity index (χ0v) is 20.8. The smallest absolute Gasteiger partial charge is 0.338 e. The van der Waals surface area contributed by atoms with E-state index < -0.39 is 28.0 Å². The van der Waals surface area contributed by atoms with Crippen LogP contribution < -0.4 is 19.5 Å². The first-order valence-corrected chi connectivity index (χ1v) is 12.7. The minimum Gasteiger partial charge on any atom is -0.454 e. The average molecular weight is 511 g/mol. The van der Waals surface area contributed by atoms with Crippen molar-refractivity contribution in [2.24, 2.45) is 0 Å². The molecule has 2 N–H and O–H groups in total. The SMILES string of the molecule is Cc1cccc(NS(=O)(=O)c2cc(C(=O)O[C@H](C)C(=O)NCc3ccc4c(c3)OCO4)ccc2C)c1. The van der Waals surface area contributed by atoms with E-state index in [1.165, 1.54) is 25.1 Å². The van der Waals surface area contributed by atoms with Crippen molar-refractivity contribution in [3.05, 3.63) is 82.9 Å². The monoisotopic (exact) mass is 510 g/mol. The van der Waals surface area contributed by atoms with Gasteiger partial charge in [-0.3, -0.25) is 9.52 Å². The van der Waals surface area contributed by atoms with Gasteiger partial charge in [-0.2, -0.15) is 0 Å². The van der Waals surface area contributed by atoms with Crippen molar-refractivity contribution in [3.8, 4) is 11.5 Å². The Morgan fingerprint density at radius 3 is 2.56 bits per heavy atom. The van der Waals surface area contributed by atoms with Crippen LogP contribution in [0, 0.1) is 13.8 Å². The van der Waals surface area contributed by atoms with Gasteiger partial charge < -0.3 is 19.5 Å². The highest BCUT2D eigenvalue weighted by molar-refractivity contribution is 7.92. The maximum Gasteiger partial charge on any atom is 0.338 e. The van der Waals surface area contributed by atoms with Crippen LogP contribution in [-0.2, 0) is 26.1 Å². The molecule has 10 heteroatoms. The number of anilines is 1. The molecule has 0 spiro atoms. The fourth-order valence-electron chi connectivity index (χ4n) is 3.60. The molecule has 1 aliphatic heterocycles. The Bertz CT molecular complexity index is 1420. The molecule has 0 aromatic heterocycles. The minimum atomic E-state index is -3.96. The fraction of sp³-hybridized carbons (Fsp3) is 0.231. The standard InChI is InChI=1S/C26H26N2O7S/c1-16-5-4-6-21(11-16)28-36(31,32)24-13-20(9-7-17(24)2)26(30)35-18(3)25(29)27-14-19-8-10-22-23(12-19)34-15-33-22/h4-13,18,28H,14-15H2,1-3H3,(H,27,29)/t18-/m1/s1. The van der Waals surface area contributed by atoms with E-state index in [1.807, 2.05) is 13.0 Å². The largest absolute Gasteiger partial charge is 0.454 e. The van der Waals surface area contributed by atoms with Gasteiger partial charge in [-0.15, -0.1) is 0 Å². The van der Waals surface area contributed by atoms with E-state index in [4.69, 9.17) is 14.2 Å². The number of esters is 1. The number of carbonyl (C=O) groups is 2. The van der Waals surface area contributed by atoms with Crippen molar-refractivity contribution >= 4 is 27.6 Å². The van der Waals surface area contributed by atoms with E-state index in [0.29, 0.717) is 22.7 Å². The number of fused-ring (bicyclic) bond motifs is 1. The quantitative estimate of drug-likeness (QED) is 0.444. The molecule has 188 valence electrons. The molecule has 1 heterocycles. The first-order valence-electron chi connectivity index (χ1n) is 11.2. The molecule has 0 bridgehead atoms. The topological polar surface area (TPSA) is 120 Å². The summed E-state index contributed by atoms with van der Waals surface area (Å²) in [5.74, 6) is -0.0704. The van der Waals surface area contributed by atoms with Gasteiger partial charge >= 0.3 is 5.97 Å². The second-order valence-corrected chi connectivity index (χ2v) is 10.1. The average Bonchev–Trinajstić information content (AvgIpc) is 3.30. The van der Waals surface area contributed by atoms with Crippen LogP contribution in [-0.4, -0.2) is 33.2 Å². The van der Waals surface area contributed by atoms with Crippen molar-refractivity contribution < 1.29 is 32.2 Å². The van der Waals surface area contributed by atoms with Crippen LogP contribution in [0.3, 0.4) is 0 Å². The molecule has 3 aromatic rings. The summed E-state index contributed by atoms with van der Waals surface area (Å²) in [5.41, 5.74) is 2.58. The minimum absolute atomic E-state index is 0.0145. The summed E-state index contributed by atoms with van der Waals surface area (Å²) in [6.45, 7) is 5.29. The molecule has 0 unspecified atom stereocenters. The molecule has 9 nitrogen and oxygen atoms in total. The zero-order valence-electron chi connectivity index (χ0n) is 20.0. The van der Waals surface area contributed by atoms with Gasteiger partial charge in [0, 0.05) is 12.2 Å². The van der Waals surface area contributed by atoms with E-state index >= 15 is 0 Å². The highest BCUT2D eigenvalue weighted by Gasteiger charge is 2.23. The number of sulfonamides is 1. The number of benzene rings is 3. The summed E-state index contributed by atoms with van der Waals surface area (Å²) in [5, 5.41) is 2.70. The Morgan fingerprint density at radius 1 is 1.00 bits per heavy atom. The van der Waals surface area contributed by atoms with Crippen LogP contribution in [0.25, 0.3) is 0 Å². The van der Waals surface area contributed by atoms with Crippen molar-refractivity contribution in [2.45, 2.75) is 38.3 Å². The first kappa shape index (κ1) is 25.1. The molecule has 0 saturated heterocycles. The Labute approximate surface area is 209 Å². The fourth-order valence-corrected chi connectivity index (χ4v) is 4.92. The second-order valence-electron chi connectivity index (χ2n) is 8.41. The first-order chi connectivity index (χ1) is 17.1. The number of hydrogen-bond acceptors (Lipinski definition) is 7. The third-order valence-corrected chi connectivity index (χ3v) is 7.06. The summed E-state index contributed by atoms with van der Waals surface area (Å²) in [7, 11) is -3.96. The summed E-state index contributed by atoms with van der Waals surface area (Å²) in [6.07, 6.45) is -1.10. The van der Waals surface area contributed by atoms with Crippen LogP contribution in [0.4, 0.5) is 5.69 Å². The van der Waals surface area contributed by atoms with Crippen LogP contribution in [0.15, 0.2) is 65.6 Å². The number of amides is 1. The van der Waals surface area contributed by atoms with Crippen molar-refractivity contribution in [2.75, 3.05) is 11.5 Å². The number of rotatable bonds is 8. The summed E-state index contributed by atoms with van der Waals surface area (Å²) < 4.78 is 44.4. The van der Waals surface area contributed by atoms with Gasteiger partial charge in [-0.1, -0.05) is 24.3 Å². The zero-order chi connectivity index (χ0) is 25.9. The van der Waals surface area contributed by atoms with Gasteiger partial charge in [-0.05, 0) is 73.9 Å². The predicted molar refractivity (Wildman–Crippen MR) is 132 cm³/mol. The second kappa shape index (κ2) is 10.3. The summed E-state index contributed by atoms with van der Waals surface area (Å²) >= 11 is 0. The van der Waals surface area contributed by atoms with Gasteiger partial charge in [0.15, 0.2) is 17.6 Å². The highest BCUT2D eigenvalue weighted by Crippen LogP contribution is 2.32. The van der Waals surface area contributed by atoms with Gasteiger partial charge in [0.05, 0.1) is 10.5 Å². The maximum absolute atomic E-state index is 13.0. The predicted octanol–water partition coefficient (Wildman–Crippen LogP) is 3.69. The van der Waals surface area contributed by atoms with E-state index in [9.17, 15) is 18.0 Å². The van der Waals surface area contributed by atoms with E-state index in [0.717, 1.165) is 11.1 Å². The number of aryl methyl sites for hydroxylation is 2. The Kier molecular flexibility index (Phi) is 7.16. The third kappa shape index (κ3) is 5.77. The molecule has 3 aromatic carbocycles. The number of ether oxygens (including phenoxy) is 3. The molecule has 0 aliphatic carbocycles. The molecular formula is C26H26N2O7S. The normalized spacial score (nSPS) is 13.1. The van der Waals surface area contributed by atoms with Gasteiger partial charge in [-0.25, -0.2) is 13.2 Å². The molecule has 1 atom stereocenters. The van der Waals surface area contributed by atoms with E-state index in [-0.39, 0.29) is 23.8 Å². The van der Waals surface area contributed by atoms with Gasteiger partial charge in [0.2, 0.25) is 6.79 Å². The van der Waals surface area contributed by atoms with Crippen LogP contribution in [0.1, 0.15) is 34.0 Å². The Balaban J connectivity index is 1.40. The Hall–Kier alpha value is -4.05. The van der Waals surface area contributed by atoms with Crippen molar-refractivity contribution in [3.63, 3.8) is 0 Å². The van der Waals surface area contributed by atoms with Crippen molar-refractivity contribution in [1.29, 1.82) is 0 Å². The molecule has 0 radical (unpaired) electrons. The lowest BCUT2D eigenvalue weighted by Crippen LogP contribution is -2.35. The highest BCUT2D eigenvalue weighted by atomic mass is 32.2. The lowest BCUT2D eigenvalue weighted by molar-refractivity contribution is -0.129. The molecular weight excluding hydrogens is 484 g/mol. The summed E-state index contributed by atoms with van der Waals surface area (Å²) in [6, 6.07) is 16.5. The lowest BCUT2D eigenvalue weighted by Gasteiger charge is -2.15. The number of nitrogens with one attached hydrogen (secondary N) is 2. The van der Waals surface area contributed by atoms with Crippen LogP contribution in [0.5, 0.6) is 11.5 Å². The van der Waals surface area contributed by atoms with Crippen LogP contribution in [0.2, 0.25) is 0 Å². The number of hydrogen-bond donors (Lipinski definition) is 2. The van der Waals surface area contributed by atoms with E-state index in [1.54, 1.807) is 43.3 Å². The lowest BCUT2D eigenvalue weighted by atomic mass is 10.1. The molecule has 1 aliphatic rings. The molecule has 1 amide bonds. The van der Waals surface area contributed by atoms with Gasteiger partial charge in [0.25, 0.3) is 15.9 Å².